The minimum atomic E-state index is -0.337. The van der Waals surface area contributed by atoms with E-state index in [1.807, 2.05) is 67.6 Å². The molecule has 0 aliphatic heterocycles. The largest absolute Gasteiger partial charge is 0.497 e. The number of aryl methyl sites for hydroxylation is 1. The minimum absolute atomic E-state index is 0.0951. The fraction of sp³-hybridized carbons (Fsp3) is 0.208. The molecule has 0 spiro atoms. The Hall–Kier alpha value is -3.87. The zero-order valence-electron chi connectivity index (χ0n) is 17.5. The Morgan fingerprint density at radius 2 is 1.87 bits per heavy atom. The van der Waals surface area contributed by atoms with E-state index in [0.29, 0.717) is 17.8 Å². The molecule has 2 aromatic carbocycles. The van der Waals surface area contributed by atoms with E-state index in [4.69, 9.17) is 4.74 Å². The summed E-state index contributed by atoms with van der Waals surface area (Å²) in [5.74, 6) is 0.640. The Morgan fingerprint density at radius 1 is 1.13 bits per heavy atom. The molecule has 1 atom stereocenters. The number of benzene rings is 2. The second kappa shape index (κ2) is 8.87. The number of carbonyl (C=O) groups excluding carboxylic acids is 1. The van der Waals surface area contributed by atoms with Crippen molar-refractivity contribution < 1.29 is 9.53 Å². The highest BCUT2D eigenvalue weighted by atomic mass is 16.5. The summed E-state index contributed by atoms with van der Waals surface area (Å²) in [5, 5.41) is 6.07. The van der Waals surface area contributed by atoms with Gasteiger partial charge in [0.05, 0.1) is 25.3 Å². The molecule has 158 valence electrons. The molecule has 0 bridgehead atoms. The lowest BCUT2D eigenvalue weighted by Crippen LogP contribution is -2.31. The number of methoxy groups -OCH3 is 1. The number of amides is 1. The molecule has 4 rings (SSSR count). The van der Waals surface area contributed by atoms with Crippen molar-refractivity contribution in [3.05, 3.63) is 99.6 Å². The second-order valence-corrected chi connectivity index (χ2v) is 7.48. The average Bonchev–Trinajstić information content (AvgIpc) is 3.15. The summed E-state index contributed by atoms with van der Waals surface area (Å²) in [7, 11) is 1.61. The molecular weight excluding hydrogens is 392 g/mol. The molecule has 0 aliphatic carbocycles. The van der Waals surface area contributed by atoms with E-state index < -0.39 is 0 Å². The number of aromatic nitrogens is 3. The molecule has 1 unspecified atom stereocenters. The van der Waals surface area contributed by atoms with Gasteiger partial charge in [-0.25, -0.2) is 9.50 Å². The monoisotopic (exact) mass is 416 g/mol. The standard InChI is InChI=1S/C24H24N4O3/c1-16-12-22-25-19(15-24(30)28(22)27-16)14-21(18-8-10-20(31-2)11-9-18)26-23(29)13-17-6-4-3-5-7-17/h3-12,15,21,27H,13-14H2,1-2H3,(H,26,29). The first kappa shape index (κ1) is 20.4. The van der Waals surface area contributed by atoms with Crippen LogP contribution >= 0.6 is 0 Å². The van der Waals surface area contributed by atoms with Crippen LogP contribution in [0.2, 0.25) is 0 Å². The molecule has 2 heterocycles. The lowest BCUT2D eigenvalue weighted by molar-refractivity contribution is -0.121. The lowest BCUT2D eigenvalue weighted by Gasteiger charge is -2.19. The van der Waals surface area contributed by atoms with Gasteiger partial charge in [0.15, 0.2) is 5.65 Å². The molecule has 4 aromatic rings. The first-order chi connectivity index (χ1) is 15.0. The SMILES string of the molecule is COc1ccc(C(Cc2cc(=O)n3[nH]c(C)cc3n2)NC(=O)Cc2ccccc2)cc1. The van der Waals surface area contributed by atoms with Crippen molar-refractivity contribution in [2.75, 3.05) is 7.11 Å². The van der Waals surface area contributed by atoms with Gasteiger partial charge in [-0.15, -0.1) is 0 Å². The third kappa shape index (κ3) is 4.83. The van der Waals surface area contributed by atoms with E-state index in [1.54, 1.807) is 7.11 Å². The van der Waals surface area contributed by atoms with Gasteiger partial charge in [-0.1, -0.05) is 42.5 Å². The summed E-state index contributed by atoms with van der Waals surface area (Å²) in [4.78, 5) is 29.8. The van der Waals surface area contributed by atoms with E-state index >= 15 is 0 Å². The van der Waals surface area contributed by atoms with Crippen molar-refractivity contribution in [3.8, 4) is 5.75 Å². The number of hydrogen-bond donors (Lipinski definition) is 2. The van der Waals surface area contributed by atoms with Crippen molar-refractivity contribution in [1.29, 1.82) is 0 Å². The quantitative estimate of drug-likeness (QED) is 0.485. The highest BCUT2D eigenvalue weighted by Crippen LogP contribution is 2.21. The molecule has 0 saturated carbocycles. The molecule has 0 aliphatic rings. The van der Waals surface area contributed by atoms with Gasteiger partial charge < -0.3 is 10.1 Å². The summed E-state index contributed by atoms with van der Waals surface area (Å²) in [6.45, 7) is 1.87. The van der Waals surface area contributed by atoms with Crippen LogP contribution in [0, 0.1) is 6.92 Å². The average molecular weight is 416 g/mol. The van der Waals surface area contributed by atoms with Gasteiger partial charge in [-0.05, 0) is 30.2 Å². The highest BCUT2D eigenvalue weighted by Gasteiger charge is 2.18. The van der Waals surface area contributed by atoms with Gasteiger partial charge in [-0.2, -0.15) is 0 Å². The molecule has 7 nitrogen and oxygen atoms in total. The molecule has 1 amide bonds. The van der Waals surface area contributed by atoms with Crippen molar-refractivity contribution in [1.82, 2.24) is 19.9 Å². The van der Waals surface area contributed by atoms with Crippen molar-refractivity contribution >= 4 is 11.6 Å². The minimum Gasteiger partial charge on any atom is -0.497 e. The molecular formula is C24H24N4O3. The first-order valence-corrected chi connectivity index (χ1v) is 10.1. The molecule has 0 saturated heterocycles. The zero-order valence-corrected chi connectivity index (χ0v) is 17.5. The van der Waals surface area contributed by atoms with Gasteiger partial charge >= 0.3 is 0 Å². The van der Waals surface area contributed by atoms with Gasteiger partial charge in [0.2, 0.25) is 5.91 Å². The molecule has 0 radical (unpaired) electrons. The summed E-state index contributed by atoms with van der Waals surface area (Å²) >= 11 is 0. The van der Waals surface area contributed by atoms with E-state index in [1.165, 1.54) is 10.6 Å². The summed E-state index contributed by atoms with van der Waals surface area (Å²) < 4.78 is 6.66. The number of aromatic amines is 1. The maximum Gasteiger partial charge on any atom is 0.272 e. The number of carbonyl (C=O) groups is 1. The number of fused-ring (bicyclic) bond motifs is 1. The maximum absolute atomic E-state index is 12.8. The van der Waals surface area contributed by atoms with Crippen LogP contribution in [0.25, 0.3) is 5.65 Å². The smallest absolute Gasteiger partial charge is 0.272 e. The number of hydrogen-bond acceptors (Lipinski definition) is 4. The van der Waals surface area contributed by atoms with Gasteiger partial charge in [0, 0.05) is 24.2 Å². The van der Waals surface area contributed by atoms with Crippen molar-refractivity contribution in [3.63, 3.8) is 0 Å². The summed E-state index contributed by atoms with van der Waals surface area (Å²) in [6, 6.07) is 20.1. The first-order valence-electron chi connectivity index (χ1n) is 10.1. The van der Waals surface area contributed by atoms with Crippen LogP contribution in [0.4, 0.5) is 0 Å². The van der Waals surface area contributed by atoms with E-state index in [0.717, 1.165) is 22.6 Å². The Kier molecular flexibility index (Phi) is 5.84. The fourth-order valence-electron chi connectivity index (χ4n) is 3.59. The number of rotatable bonds is 7. The van der Waals surface area contributed by atoms with Crippen LogP contribution in [0.3, 0.4) is 0 Å². The Labute approximate surface area is 179 Å². The van der Waals surface area contributed by atoms with Crippen LogP contribution < -0.4 is 15.6 Å². The number of H-pyrrole nitrogens is 1. The zero-order chi connectivity index (χ0) is 21.8. The normalized spacial score (nSPS) is 11.9. The maximum atomic E-state index is 12.8. The van der Waals surface area contributed by atoms with Crippen LogP contribution in [0.5, 0.6) is 5.75 Å². The van der Waals surface area contributed by atoms with Gasteiger partial charge in [0.25, 0.3) is 5.56 Å². The molecule has 2 aromatic heterocycles. The van der Waals surface area contributed by atoms with E-state index in [-0.39, 0.29) is 23.9 Å². The van der Waals surface area contributed by atoms with E-state index in [2.05, 4.69) is 15.4 Å². The molecule has 2 N–H and O–H groups in total. The van der Waals surface area contributed by atoms with Crippen molar-refractivity contribution in [2.24, 2.45) is 0 Å². The van der Waals surface area contributed by atoms with Crippen LogP contribution in [-0.4, -0.2) is 27.6 Å². The Bertz CT molecular complexity index is 1240. The third-order valence-electron chi connectivity index (χ3n) is 5.11. The summed E-state index contributed by atoms with van der Waals surface area (Å²) in [5.41, 5.74) is 3.69. The Balaban J connectivity index is 1.61. The van der Waals surface area contributed by atoms with Gasteiger partial charge in [-0.3, -0.25) is 14.7 Å². The highest BCUT2D eigenvalue weighted by molar-refractivity contribution is 5.79. The lowest BCUT2D eigenvalue weighted by atomic mass is 10.0. The fourth-order valence-corrected chi connectivity index (χ4v) is 3.59. The summed E-state index contributed by atoms with van der Waals surface area (Å²) in [6.07, 6.45) is 0.669. The van der Waals surface area contributed by atoms with Crippen LogP contribution in [0.1, 0.15) is 28.6 Å². The second-order valence-electron chi connectivity index (χ2n) is 7.48. The molecule has 0 fully saturated rings. The predicted octanol–water partition coefficient (Wildman–Crippen LogP) is 2.98. The molecule has 31 heavy (non-hydrogen) atoms. The number of nitrogens with zero attached hydrogens (tertiary/aromatic N) is 2. The third-order valence-corrected chi connectivity index (χ3v) is 5.11. The topological polar surface area (TPSA) is 88.5 Å². The molecule has 7 heteroatoms. The van der Waals surface area contributed by atoms with Gasteiger partial charge in [0.1, 0.15) is 5.75 Å². The number of nitrogens with one attached hydrogen (secondary N) is 2. The predicted molar refractivity (Wildman–Crippen MR) is 118 cm³/mol. The van der Waals surface area contributed by atoms with Crippen molar-refractivity contribution in [2.45, 2.75) is 25.8 Å². The van der Waals surface area contributed by atoms with E-state index in [9.17, 15) is 9.59 Å². The van der Waals surface area contributed by atoms with Crippen LogP contribution in [0.15, 0.2) is 71.5 Å². The van der Waals surface area contributed by atoms with Crippen LogP contribution in [-0.2, 0) is 17.6 Å². The number of ether oxygens (including phenoxy) is 1. The Morgan fingerprint density at radius 3 is 2.58 bits per heavy atom.